The Morgan fingerprint density at radius 2 is 2.04 bits per heavy atom. The van der Waals surface area contributed by atoms with Crippen molar-refractivity contribution in [3.05, 3.63) is 76.3 Å². The number of carbonyl (C=O) groups is 1. The van der Waals surface area contributed by atoms with E-state index in [0.29, 0.717) is 21.6 Å². The van der Waals surface area contributed by atoms with Crippen LogP contribution in [0.5, 0.6) is 0 Å². The van der Waals surface area contributed by atoms with E-state index in [1.165, 1.54) is 0 Å². The molecule has 6 heteroatoms. The summed E-state index contributed by atoms with van der Waals surface area (Å²) in [6.07, 6.45) is 1.85. The number of aromatic amines is 1. The SMILES string of the molecule is O=C(O)c1cc(F)c(Cc2ccnc(Cl)c2)c2c1[nH]c1ccccc12. The van der Waals surface area contributed by atoms with E-state index in [4.69, 9.17) is 11.6 Å². The number of aromatic nitrogens is 2. The standard InChI is InChI=1S/C19H12ClFN2O2/c20-16-8-10(5-6-22-16)7-12-14(21)9-13(19(24)25)18-17(12)11-3-1-2-4-15(11)23-18/h1-6,8-9,23H,7H2,(H,24,25). The highest BCUT2D eigenvalue weighted by Crippen LogP contribution is 2.34. The lowest BCUT2D eigenvalue weighted by molar-refractivity contribution is 0.0698. The Hall–Kier alpha value is -2.92. The molecule has 4 aromatic rings. The van der Waals surface area contributed by atoms with Gasteiger partial charge < -0.3 is 10.1 Å². The average Bonchev–Trinajstić information content (AvgIpc) is 2.96. The molecule has 2 aromatic carbocycles. The van der Waals surface area contributed by atoms with Gasteiger partial charge in [0.15, 0.2) is 0 Å². The first-order valence-electron chi connectivity index (χ1n) is 7.60. The summed E-state index contributed by atoms with van der Waals surface area (Å²) in [7, 11) is 0. The van der Waals surface area contributed by atoms with Gasteiger partial charge in [-0.25, -0.2) is 14.2 Å². The Kier molecular flexibility index (Phi) is 3.66. The Morgan fingerprint density at radius 1 is 1.24 bits per heavy atom. The van der Waals surface area contributed by atoms with E-state index < -0.39 is 11.8 Å². The van der Waals surface area contributed by atoms with Gasteiger partial charge in [-0.1, -0.05) is 29.8 Å². The van der Waals surface area contributed by atoms with Crippen LogP contribution in [-0.4, -0.2) is 21.0 Å². The van der Waals surface area contributed by atoms with Crippen molar-refractivity contribution < 1.29 is 14.3 Å². The van der Waals surface area contributed by atoms with E-state index in [1.54, 1.807) is 18.3 Å². The maximum Gasteiger partial charge on any atom is 0.337 e. The predicted octanol–water partition coefficient (Wildman–Crippen LogP) is 4.80. The van der Waals surface area contributed by atoms with Gasteiger partial charge >= 0.3 is 5.97 Å². The van der Waals surface area contributed by atoms with E-state index in [1.807, 2.05) is 24.3 Å². The molecule has 124 valence electrons. The molecule has 4 nitrogen and oxygen atoms in total. The second-order valence-corrected chi connectivity index (χ2v) is 6.16. The highest BCUT2D eigenvalue weighted by molar-refractivity contribution is 6.29. The van der Waals surface area contributed by atoms with Crippen LogP contribution in [-0.2, 0) is 6.42 Å². The molecule has 0 aliphatic rings. The Labute approximate surface area is 146 Å². The molecule has 25 heavy (non-hydrogen) atoms. The molecule has 0 unspecified atom stereocenters. The minimum absolute atomic E-state index is 0.0831. The third-order valence-corrected chi connectivity index (χ3v) is 4.45. The predicted molar refractivity (Wildman–Crippen MR) is 94.8 cm³/mol. The number of halogens is 2. The summed E-state index contributed by atoms with van der Waals surface area (Å²) in [6, 6.07) is 11.9. The summed E-state index contributed by atoms with van der Waals surface area (Å²) in [6.45, 7) is 0. The normalized spacial score (nSPS) is 11.3. The van der Waals surface area contributed by atoms with Gasteiger partial charge in [0.2, 0.25) is 0 Å². The van der Waals surface area contributed by atoms with Gasteiger partial charge in [0.25, 0.3) is 0 Å². The number of pyridine rings is 1. The van der Waals surface area contributed by atoms with E-state index in [0.717, 1.165) is 22.5 Å². The monoisotopic (exact) mass is 354 g/mol. The number of carboxylic acid groups (broad SMARTS) is 1. The molecule has 0 fully saturated rings. The van der Waals surface area contributed by atoms with Crippen LogP contribution in [0.25, 0.3) is 21.8 Å². The highest BCUT2D eigenvalue weighted by atomic mass is 35.5. The van der Waals surface area contributed by atoms with E-state index in [9.17, 15) is 14.3 Å². The Balaban J connectivity index is 2.05. The van der Waals surface area contributed by atoms with Crippen molar-refractivity contribution in [3.63, 3.8) is 0 Å². The van der Waals surface area contributed by atoms with Crippen LogP contribution in [0.2, 0.25) is 5.15 Å². The molecular weight excluding hydrogens is 343 g/mol. The first-order valence-corrected chi connectivity index (χ1v) is 7.98. The molecule has 0 bridgehead atoms. The van der Waals surface area contributed by atoms with Crippen molar-refractivity contribution in [3.8, 4) is 0 Å². The Morgan fingerprint density at radius 3 is 2.80 bits per heavy atom. The zero-order chi connectivity index (χ0) is 17.6. The molecule has 2 N–H and O–H groups in total. The van der Waals surface area contributed by atoms with E-state index in [2.05, 4.69) is 9.97 Å². The number of nitrogens with zero attached hydrogens (tertiary/aromatic N) is 1. The van der Waals surface area contributed by atoms with Crippen LogP contribution >= 0.6 is 11.6 Å². The minimum Gasteiger partial charge on any atom is -0.478 e. The zero-order valence-electron chi connectivity index (χ0n) is 12.9. The number of nitrogens with one attached hydrogen (secondary N) is 1. The fourth-order valence-electron chi connectivity index (χ4n) is 3.16. The largest absolute Gasteiger partial charge is 0.478 e. The molecule has 0 radical (unpaired) electrons. The summed E-state index contributed by atoms with van der Waals surface area (Å²) in [5.74, 6) is -1.73. The van der Waals surface area contributed by atoms with Gasteiger partial charge in [0.1, 0.15) is 11.0 Å². The van der Waals surface area contributed by atoms with Crippen LogP contribution < -0.4 is 0 Å². The molecule has 4 rings (SSSR count). The second kappa shape index (κ2) is 5.86. The molecule has 2 aromatic heterocycles. The zero-order valence-corrected chi connectivity index (χ0v) is 13.6. The van der Waals surface area contributed by atoms with Crippen molar-refractivity contribution in [1.82, 2.24) is 9.97 Å². The fraction of sp³-hybridized carbons (Fsp3) is 0.0526. The third kappa shape index (κ3) is 2.62. The van der Waals surface area contributed by atoms with Crippen molar-refractivity contribution in [1.29, 1.82) is 0 Å². The maximum absolute atomic E-state index is 14.8. The lowest BCUT2D eigenvalue weighted by Gasteiger charge is -2.09. The molecule has 0 spiro atoms. The number of rotatable bonds is 3. The number of hydrogen-bond donors (Lipinski definition) is 2. The second-order valence-electron chi connectivity index (χ2n) is 5.77. The fourth-order valence-corrected chi connectivity index (χ4v) is 3.36. The number of fused-ring (bicyclic) bond motifs is 3. The van der Waals surface area contributed by atoms with Crippen LogP contribution in [0.1, 0.15) is 21.5 Å². The molecular formula is C19H12ClFN2O2. The average molecular weight is 355 g/mol. The van der Waals surface area contributed by atoms with Gasteiger partial charge in [-0.2, -0.15) is 0 Å². The quantitative estimate of drug-likeness (QED) is 0.519. The number of aromatic carboxylic acids is 1. The molecule has 0 saturated carbocycles. The first-order chi connectivity index (χ1) is 12.0. The highest BCUT2D eigenvalue weighted by Gasteiger charge is 2.20. The number of H-pyrrole nitrogens is 1. The summed E-state index contributed by atoms with van der Waals surface area (Å²) in [5.41, 5.74) is 2.33. The summed E-state index contributed by atoms with van der Waals surface area (Å²) < 4.78 is 14.8. The van der Waals surface area contributed by atoms with Gasteiger partial charge in [-0.15, -0.1) is 0 Å². The molecule has 0 aliphatic heterocycles. The van der Waals surface area contributed by atoms with Gasteiger partial charge in [0.05, 0.1) is 11.1 Å². The smallest absolute Gasteiger partial charge is 0.337 e. The molecule has 0 aliphatic carbocycles. The molecule has 0 amide bonds. The summed E-state index contributed by atoms with van der Waals surface area (Å²) in [4.78, 5) is 18.6. The van der Waals surface area contributed by atoms with Crippen molar-refractivity contribution in [2.75, 3.05) is 0 Å². The van der Waals surface area contributed by atoms with Crippen molar-refractivity contribution in [2.24, 2.45) is 0 Å². The van der Waals surface area contributed by atoms with Gasteiger partial charge in [-0.3, -0.25) is 0 Å². The topological polar surface area (TPSA) is 66.0 Å². The van der Waals surface area contributed by atoms with E-state index in [-0.39, 0.29) is 12.0 Å². The summed E-state index contributed by atoms with van der Waals surface area (Å²) >= 11 is 5.92. The van der Waals surface area contributed by atoms with Gasteiger partial charge in [0, 0.05) is 34.5 Å². The lowest BCUT2D eigenvalue weighted by Crippen LogP contribution is -2.02. The molecule has 2 heterocycles. The van der Waals surface area contributed by atoms with Crippen molar-refractivity contribution in [2.45, 2.75) is 6.42 Å². The van der Waals surface area contributed by atoms with E-state index >= 15 is 0 Å². The molecule has 0 saturated heterocycles. The van der Waals surface area contributed by atoms with Crippen LogP contribution in [0.3, 0.4) is 0 Å². The minimum atomic E-state index is -1.17. The summed E-state index contributed by atoms with van der Waals surface area (Å²) in [5, 5.41) is 11.1. The van der Waals surface area contributed by atoms with Crippen LogP contribution in [0.15, 0.2) is 48.7 Å². The first kappa shape index (κ1) is 15.6. The Bertz CT molecular complexity index is 1140. The number of para-hydroxylation sites is 1. The number of hydrogen-bond acceptors (Lipinski definition) is 2. The van der Waals surface area contributed by atoms with Crippen LogP contribution in [0.4, 0.5) is 4.39 Å². The van der Waals surface area contributed by atoms with Crippen molar-refractivity contribution >= 4 is 39.4 Å². The van der Waals surface area contributed by atoms with Gasteiger partial charge in [-0.05, 0) is 29.8 Å². The lowest BCUT2D eigenvalue weighted by atomic mass is 9.97. The van der Waals surface area contributed by atoms with Crippen LogP contribution in [0, 0.1) is 5.82 Å². The number of carboxylic acids is 1. The maximum atomic E-state index is 14.8. The number of benzene rings is 2. The molecule has 0 atom stereocenters. The third-order valence-electron chi connectivity index (χ3n) is 4.24.